The molecule has 0 spiro atoms. The van der Waals surface area contributed by atoms with E-state index in [1.165, 1.54) is 48.1 Å². The predicted molar refractivity (Wildman–Crippen MR) is 139 cm³/mol. The topological polar surface area (TPSA) is 40.5 Å². The van der Waals surface area contributed by atoms with Crippen molar-refractivity contribution in [2.75, 3.05) is 39.3 Å². The molecule has 6 heteroatoms. The summed E-state index contributed by atoms with van der Waals surface area (Å²) in [4.78, 5) is 17.6. The van der Waals surface area contributed by atoms with Gasteiger partial charge < -0.3 is 14.8 Å². The van der Waals surface area contributed by atoms with Crippen molar-refractivity contribution in [3.05, 3.63) is 70.9 Å². The second-order valence-corrected chi connectivity index (χ2v) is 10.2. The molecule has 2 fully saturated rings. The van der Waals surface area contributed by atoms with E-state index in [1.807, 2.05) is 12.1 Å². The Labute approximate surface area is 207 Å². The molecule has 3 aromatic rings. The highest BCUT2D eigenvalue weighted by molar-refractivity contribution is 6.30. The van der Waals surface area contributed by atoms with Gasteiger partial charge in [0.1, 0.15) is 0 Å². The summed E-state index contributed by atoms with van der Waals surface area (Å²) in [7, 11) is 0. The second kappa shape index (κ2) is 10.9. The van der Waals surface area contributed by atoms with Crippen molar-refractivity contribution >= 4 is 28.4 Å². The van der Waals surface area contributed by atoms with Crippen LogP contribution in [-0.2, 0) is 17.9 Å². The largest absolute Gasteiger partial charge is 0.355 e. The summed E-state index contributed by atoms with van der Waals surface area (Å²) in [5.74, 6) is 0.394. The monoisotopic (exact) mass is 478 g/mol. The first-order chi connectivity index (χ1) is 16.7. The molecule has 2 aliphatic rings. The van der Waals surface area contributed by atoms with E-state index in [4.69, 9.17) is 11.6 Å². The lowest BCUT2D eigenvalue weighted by Crippen LogP contribution is -2.42. The van der Waals surface area contributed by atoms with Gasteiger partial charge >= 0.3 is 0 Å². The van der Waals surface area contributed by atoms with Crippen LogP contribution in [0.5, 0.6) is 0 Å². The van der Waals surface area contributed by atoms with Crippen molar-refractivity contribution in [3.63, 3.8) is 0 Å². The van der Waals surface area contributed by atoms with Gasteiger partial charge in [0.2, 0.25) is 5.91 Å². The fourth-order valence-electron chi connectivity index (χ4n) is 5.43. The maximum Gasteiger partial charge on any atom is 0.223 e. The Morgan fingerprint density at radius 3 is 2.41 bits per heavy atom. The zero-order chi connectivity index (χ0) is 23.3. The van der Waals surface area contributed by atoms with Crippen LogP contribution in [0.2, 0.25) is 5.02 Å². The minimum Gasteiger partial charge on any atom is -0.355 e. The van der Waals surface area contributed by atoms with Gasteiger partial charge in [0, 0.05) is 48.3 Å². The summed E-state index contributed by atoms with van der Waals surface area (Å²) >= 11 is 6.10. The molecule has 5 rings (SSSR count). The number of hydrogen-bond donors (Lipinski definition) is 1. The molecule has 2 aliphatic heterocycles. The Balaban J connectivity index is 1.18. The van der Waals surface area contributed by atoms with E-state index < -0.39 is 0 Å². The van der Waals surface area contributed by atoms with Crippen LogP contribution in [0.25, 0.3) is 10.9 Å². The van der Waals surface area contributed by atoms with Crippen LogP contribution in [0, 0.1) is 5.92 Å². The number of likely N-dealkylation sites (tertiary alicyclic amines) is 2. The first-order valence-corrected chi connectivity index (χ1v) is 13.1. The minimum atomic E-state index is 0.148. The van der Waals surface area contributed by atoms with Crippen LogP contribution in [0.15, 0.2) is 54.6 Å². The smallest absolute Gasteiger partial charge is 0.223 e. The molecule has 1 amide bonds. The third-order valence-corrected chi connectivity index (χ3v) is 7.67. The molecule has 1 aromatic heterocycles. The fourth-order valence-corrected chi connectivity index (χ4v) is 5.55. The lowest BCUT2D eigenvalue weighted by Gasteiger charge is -2.31. The molecule has 5 nitrogen and oxygen atoms in total. The number of amides is 1. The maximum absolute atomic E-state index is 12.7. The molecular weight excluding hydrogens is 444 g/mol. The summed E-state index contributed by atoms with van der Waals surface area (Å²) in [6.45, 7) is 7.81. The number of para-hydroxylation sites is 1. The molecule has 0 aliphatic carbocycles. The van der Waals surface area contributed by atoms with Gasteiger partial charge in [-0.3, -0.25) is 9.69 Å². The molecular formula is C28H35ClN4O. The van der Waals surface area contributed by atoms with Crippen molar-refractivity contribution in [1.29, 1.82) is 0 Å². The van der Waals surface area contributed by atoms with E-state index in [0.717, 1.165) is 57.1 Å². The Hall–Kier alpha value is -2.34. The molecule has 3 heterocycles. The van der Waals surface area contributed by atoms with Crippen molar-refractivity contribution in [2.45, 2.75) is 38.8 Å². The maximum atomic E-state index is 12.7. The standard InChI is InChI=1S/C28H35ClN4O/c29-25-9-7-22(8-10-25)20-33-26(19-24-5-1-2-6-27(24)33)21-32-16-11-23(12-17-32)28(34)30-13-18-31-14-3-4-15-31/h1-2,5-10,19,23H,3-4,11-18,20-21H2,(H,30,34). The van der Waals surface area contributed by atoms with Crippen LogP contribution in [-0.4, -0.2) is 59.5 Å². The average Bonchev–Trinajstić information content (AvgIpc) is 3.49. The molecule has 0 bridgehead atoms. The fraction of sp³-hybridized carbons (Fsp3) is 0.464. The quantitative estimate of drug-likeness (QED) is 0.507. The molecule has 2 saturated heterocycles. The van der Waals surface area contributed by atoms with Crippen LogP contribution in [0.1, 0.15) is 36.9 Å². The SMILES string of the molecule is O=C(NCCN1CCCC1)C1CCN(Cc2cc3ccccc3n2Cc2ccc(Cl)cc2)CC1. The Morgan fingerprint density at radius 1 is 0.912 bits per heavy atom. The lowest BCUT2D eigenvalue weighted by atomic mass is 9.96. The highest BCUT2D eigenvalue weighted by atomic mass is 35.5. The summed E-state index contributed by atoms with van der Waals surface area (Å²) in [5.41, 5.74) is 3.83. The zero-order valence-corrected chi connectivity index (χ0v) is 20.6. The van der Waals surface area contributed by atoms with E-state index in [2.05, 4.69) is 62.1 Å². The number of halogens is 1. The van der Waals surface area contributed by atoms with E-state index in [9.17, 15) is 4.79 Å². The number of carbonyl (C=O) groups is 1. The average molecular weight is 479 g/mol. The van der Waals surface area contributed by atoms with Gasteiger partial charge in [-0.05, 0) is 87.1 Å². The molecule has 0 saturated carbocycles. The van der Waals surface area contributed by atoms with Crippen molar-refractivity contribution < 1.29 is 4.79 Å². The zero-order valence-electron chi connectivity index (χ0n) is 19.9. The Morgan fingerprint density at radius 2 is 1.65 bits per heavy atom. The molecule has 0 atom stereocenters. The summed E-state index contributed by atoms with van der Waals surface area (Å²) in [6.07, 6.45) is 4.47. The molecule has 2 aromatic carbocycles. The van der Waals surface area contributed by atoms with Crippen LogP contribution < -0.4 is 5.32 Å². The van der Waals surface area contributed by atoms with Gasteiger partial charge in [0.05, 0.1) is 0 Å². The number of carbonyl (C=O) groups excluding carboxylic acids is 1. The van der Waals surface area contributed by atoms with Gasteiger partial charge in [0.25, 0.3) is 0 Å². The molecule has 34 heavy (non-hydrogen) atoms. The van der Waals surface area contributed by atoms with Gasteiger partial charge in [-0.25, -0.2) is 0 Å². The first-order valence-electron chi connectivity index (χ1n) is 12.7. The summed E-state index contributed by atoms with van der Waals surface area (Å²) in [6, 6.07) is 19.1. The van der Waals surface area contributed by atoms with Gasteiger partial charge in [-0.2, -0.15) is 0 Å². The van der Waals surface area contributed by atoms with Crippen LogP contribution in [0.4, 0.5) is 0 Å². The highest BCUT2D eigenvalue weighted by Gasteiger charge is 2.25. The highest BCUT2D eigenvalue weighted by Crippen LogP contribution is 2.25. The normalized spacial score (nSPS) is 18.0. The molecule has 0 unspecified atom stereocenters. The number of aromatic nitrogens is 1. The number of fused-ring (bicyclic) bond motifs is 1. The van der Waals surface area contributed by atoms with Crippen molar-refractivity contribution in [2.24, 2.45) is 5.92 Å². The number of hydrogen-bond acceptors (Lipinski definition) is 3. The van der Waals surface area contributed by atoms with Gasteiger partial charge in [-0.15, -0.1) is 0 Å². The minimum absolute atomic E-state index is 0.148. The first kappa shape index (κ1) is 23.4. The lowest BCUT2D eigenvalue weighted by molar-refractivity contribution is -0.126. The van der Waals surface area contributed by atoms with E-state index >= 15 is 0 Å². The van der Waals surface area contributed by atoms with Crippen LogP contribution in [0.3, 0.4) is 0 Å². The van der Waals surface area contributed by atoms with Crippen molar-refractivity contribution in [3.8, 4) is 0 Å². The van der Waals surface area contributed by atoms with Gasteiger partial charge in [-0.1, -0.05) is 41.9 Å². The molecule has 1 N–H and O–H groups in total. The summed E-state index contributed by atoms with van der Waals surface area (Å²) < 4.78 is 2.43. The number of benzene rings is 2. The third kappa shape index (κ3) is 5.65. The van der Waals surface area contributed by atoms with E-state index in [0.29, 0.717) is 0 Å². The van der Waals surface area contributed by atoms with E-state index in [-0.39, 0.29) is 11.8 Å². The van der Waals surface area contributed by atoms with Crippen molar-refractivity contribution in [1.82, 2.24) is 19.7 Å². The number of nitrogens with zero attached hydrogens (tertiary/aromatic N) is 3. The number of piperidine rings is 1. The van der Waals surface area contributed by atoms with E-state index in [1.54, 1.807) is 0 Å². The number of nitrogens with one attached hydrogen (secondary N) is 1. The predicted octanol–water partition coefficient (Wildman–Crippen LogP) is 4.77. The third-order valence-electron chi connectivity index (χ3n) is 7.42. The molecule has 0 radical (unpaired) electrons. The molecule has 180 valence electrons. The summed E-state index contributed by atoms with van der Waals surface area (Å²) in [5, 5.41) is 5.23. The Kier molecular flexibility index (Phi) is 7.53. The van der Waals surface area contributed by atoms with Gasteiger partial charge in [0.15, 0.2) is 0 Å². The van der Waals surface area contributed by atoms with Crippen LogP contribution >= 0.6 is 11.6 Å². The number of rotatable bonds is 8. The second-order valence-electron chi connectivity index (χ2n) is 9.80. The Bertz CT molecular complexity index is 1100.